The van der Waals surface area contributed by atoms with Crippen LogP contribution in [0, 0.1) is 7.43 Å². The number of ketones is 3. The van der Waals surface area contributed by atoms with Crippen LogP contribution in [0.25, 0.3) is 0 Å². The number of hydrogen-bond donors (Lipinski definition) is 1. The Morgan fingerprint density at radius 1 is 0.662 bits per heavy atom. The predicted octanol–water partition coefficient (Wildman–Crippen LogP) is 15.1. The first-order valence-electron chi connectivity index (χ1n) is 20.9. The molecule has 0 aliphatic rings. The van der Waals surface area contributed by atoms with Crippen molar-refractivity contribution in [2.24, 2.45) is 0 Å². The number of rotatable bonds is 15. The van der Waals surface area contributed by atoms with Crippen LogP contribution in [0.4, 0.5) is 0 Å². The third kappa shape index (κ3) is 30.6. The monoisotopic (exact) mass is 1270 g/mol. The van der Waals surface area contributed by atoms with E-state index in [0.717, 1.165) is 29.3 Å². The fourth-order valence-corrected chi connectivity index (χ4v) is 6.51. The van der Waals surface area contributed by atoms with Gasteiger partial charge in [-0.05, 0) is 85.3 Å². The summed E-state index contributed by atoms with van der Waals surface area (Å²) < 4.78 is 11.1. The molecule has 6 rings (SSSR count). The standard InChI is InChI=1S/C18H21ClO2Si.C16H14O2.C13H10O2.C3H5Br.C2H7ClSi.CH3.BH2PS.Pt/c1-22(2,19)14-6-13-21-17-11-9-16(10-12-17)18(20)15-7-4-3-5-8-15;1-2-12-18-15-10-8-14(9-11-15)16(17)13-6-4-3-5-7-13;14-12-8-6-11(7-9-12)13(15)10-4-2-1-3-5-10;1-2-3-4;1-4(2)3;;2-1-3;/h3-5,7-12H,6,13-14H2,1-2H3;2-11H,1,12H2;1-9,14H;2H,1,3H2;4H,1-2H3;1H3;2H2;/q;;;;;-1;;. The Hall–Kier alpha value is -3.89. The van der Waals surface area contributed by atoms with E-state index < -0.39 is 15.5 Å². The van der Waals surface area contributed by atoms with Crippen molar-refractivity contribution >= 4 is 98.0 Å². The first-order chi connectivity index (χ1) is 31.6. The van der Waals surface area contributed by atoms with Crippen LogP contribution in [0.15, 0.2) is 189 Å². The molecule has 0 fully saturated rings. The second-order valence-corrected chi connectivity index (χ2v) is 27.9. The summed E-state index contributed by atoms with van der Waals surface area (Å²) in [7, 11) is 0.0927. The number of allylic oxidation sites excluding steroid dienone is 1. The van der Waals surface area contributed by atoms with Crippen LogP contribution in [0.2, 0.25) is 32.2 Å². The number of carbonyl (C=O) groups is 3. The number of benzene rings is 6. The minimum absolute atomic E-state index is 0. The quantitative estimate of drug-likeness (QED) is 0.0160. The number of phenols is 1. The fourth-order valence-electron chi connectivity index (χ4n) is 5.12. The Kier molecular flexibility index (Phi) is 38.8. The number of ether oxygens (including phenoxy) is 2. The first-order valence-corrected chi connectivity index (χ1v) is 31.4. The second kappa shape index (κ2) is 39.9. The molecule has 0 saturated heterocycles. The Bertz CT molecular complexity index is 2290. The third-order valence-electron chi connectivity index (χ3n) is 8.13. The smallest absolute Gasteiger partial charge is 0 e. The van der Waals surface area contributed by atoms with Crippen LogP contribution in [0.3, 0.4) is 0 Å². The Labute approximate surface area is 448 Å². The van der Waals surface area contributed by atoms with Crippen LogP contribution in [-0.2, 0) is 21.1 Å². The third-order valence-corrected chi connectivity index (χ3v) is 10.7. The second-order valence-electron chi connectivity index (χ2n) is 14.5. The Morgan fingerprint density at radius 3 is 1.22 bits per heavy atom. The molecule has 1 atom stereocenters. The van der Waals surface area contributed by atoms with Gasteiger partial charge in [0.05, 0.1) is 6.61 Å². The van der Waals surface area contributed by atoms with Gasteiger partial charge in [0.15, 0.2) is 24.7 Å². The predicted molar refractivity (Wildman–Crippen MR) is 303 cm³/mol. The molecule has 0 bridgehead atoms. The molecule has 0 spiro atoms. The van der Waals surface area contributed by atoms with Gasteiger partial charge >= 0.3 is 27.0 Å². The molecule has 6 nitrogen and oxygen atoms in total. The van der Waals surface area contributed by atoms with E-state index >= 15 is 0 Å². The first kappa shape index (κ1) is 66.2. The van der Waals surface area contributed by atoms with Crippen LogP contribution >= 0.6 is 59.3 Å². The summed E-state index contributed by atoms with van der Waals surface area (Å²) in [5, 5.41) is 9.99. The molecule has 0 amide bonds. The van der Waals surface area contributed by atoms with Gasteiger partial charge in [0.2, 0.25) is 0 Å². The van der Waals surface area contributed by atoms with Crippen LogP contribution in [0.5, 0.6) is 17.2 Å². The molecule has 364 valence electrons. The van der Waals surface area contributed by atoms with E-state index in [9.17, 15) is 14.4 Å². The van der Waals surface area contributed by atoms with Crippen molar-refractivity contribution in [1.29, 1.82) is 0 Å². The topological polar surface area (TPSA) is 89.9 Å². The molecular formula is C53H62BBrCl2O6PPtSSi2-. The summed E-state index contributed by atoms with van der Waals surface area (Å²) in [5.74, 6) is 3.21. The summed E-state index contributed by atoms with van der Waals surface area (Å²) in [6, 6.07) is 49.3. The minimum atomic E-state index is -1.51. The van der Waals surface area contributed by atoms with Crippen molar-refractivity contribution < 1.29 is 50.0 Å². The normalized spacial score (nSPS) is 9.43. The molecule has 1 N–H and O–H groups in total. The van der Waals surface area contributed by atoms with Gasteiger partial charge in [0.25, 0.3) is 0 Å². The van der Waals surface area contributed by atoms with E-state index in [0.29, 0.717) is 46.6 Å². The molecular weight excluding hydrogens is 1210 g/mol. The molecule has 6 aromatic carbocycles. The molecule has 0 aromatic heterocycles. The molecule has 0 aliphatic carbocycles. The number of hydrogen-bond acceptors (Lipinski definition) is 7. The average molecular weight is 1270 g/mol. The molecule has 0 saturated carbocycles. The number of carbonyl (C=O) groups excluding carboxylic acids is 3. The van der Waals surface area contributed by atoms with Crippen molar-refractivity contribution in [2.75, 3.05) is 18.5 Å². The van der Waals surface area contributed by atoms with Gasteiger partial charge in [-0.2, -0.15) is 22.2 Å². The molecule has 0 heterocycles. The largest absolute Gasteiger partial charge is 0.358 e. The van der Waals surface area contributed by atoms with E-state index in [4.69, 9.17) is 36.7 Å². The van der Waals surface area contributed by atoms with Crippen molar-refractivity contribution in [3.8, 4) is 17.2 Å². The van der Waals surface area contributed by atoms with Crippen molar-refractivity contribution in [3.05, 3.63) is 230 Å². The number of aromatic hydroxyl groups is 1. The van der Waals surface area contributed by atoms with E-state index in [1.165, 1.54) is 18.0 Å². The summed E-state index contributed by atoms with van der Waals surface area (Å²) in [6.07, 6.45) is 4.44. The zero-order valence-electron chi connectivity index (χ0n) is 39.3. The van der Waals surface area contributed by atoms with Gasteiger partial charge in [0, 0.05) is 59.8 Å². The molecule has 15 heteroatoms. The van der Waals surface area contributed by atoms with Gasteiger partial charge in [-0.25, -0.2) is 0 Å². The van der Waals surface area contributed by atoms with E-state index in [1.807, 2.05) is 103 Å². The molecule has 0 radical (unpaired) electrons. The van der Waals surface area contributed by atoms with Gasteiger partial charge in [-0.3, -0.25) is 14.4 Å². The minimum Gasteiger partial charge on any atom is -0.358 e. The summed E-state index contributed by atoms with van der Waals surface area (Å²) in [6.45, 7) is 16.6. The summed E-state index contributed by atoms with van der Waals surface area (Å²) in [4.78, 5) is 36.3. The summed E-state index contributed by atoms with van der Waals surface area (Å²) in [5.41, 5.74) is 3.96. The maximum absolute atomic E-state index is 12.3. The van der Waals surface area contributed by atoms with Gasteiger partial charge < -0.3 is 22.0 Å². The number of alkyl halides is 1. The summed E-state index contributed by atoms with van der Waals surface area (Å²) >= 11 is 19.0. The number of phenolic OH excluding ortho intramolecular Hbond substituents is 1. The maximum Gasteiger partial charge on any atom is 0 e. The molecule has 6 aromatic rings. The zero-order chi connectivity index (χ0) is 49.2. The molecule has 68 heavy (non-hydrogen) atoms. The van der Waals surface area contributed by atoms with E-state index in [2.05, 4.69) is 76.4 Å². The number of halogens is 3. The maximum atomic E-state index is 12.3. The van der Waals surface area contributed by atoms with E-state index in [-0.39, 0.29) is 51.6 Å². The average Bonchev–Trinajstić information content (AvgIpc) is 3.33. The van der Waals surface area contributed by atoms with E-state index in [1.54, 1.807) is 60.7 Å². The molecule has 1 unspecified atom stereocenters. The molecule has 0 aliphatic heterocycles. The Morgan fingerprint density at radius 2 is 0.941 bits per heavy atom. The van der Waals surface area contributed by atoms with Gasteiger partial charge in [-0.15, -0.1) is 6.58 Å². The van der Waals surface area contributed by atoms with Crippen LogP contribution in [-0.4, -0.2) is 62.4 Å². The van der Waals surface area contributed by atoms with Gasteiger partial charge in [-0.1, -0.05) is 152 Å². The fraction of sp³-hybridized carbons (Fsp3) is 0.170. The van der Waals surface area contributed by atoms with Gasteiger partial charge in [0.1, 0.15) is 32.0 Å². The Balaban J connectivity index is 0. The van der Waals surface area contributed by atoms with Crippen LogP contribution in [0.1, 0.15) is 54.2 Å². The van der Waals surface area contributed by atoms with Crippen molar-refractivity contribution in [1.82, 2.24) is 0 Å². The SMILES string of the molecule is C=CCBr.C=CCOc1ccc(C(=O)c2ccccc2)cc1.C[SiH](C)Cl.C[Si](C)(Cl)CCCOc1ccc(C(=O)c2ccccc2)cc1.O=C(c1ccccc1)c1ccc(O)cc1.PB=S.[CH3-].[Pt]. The van der Waals surface area contributed by atoms with Crippen molar-refractivity contribution in [2.45, 2.75) is 38.7 Å². The van der Waals surface area contributed by atoms with Crippen LogP contribution < -0.4 is 9.47 Å². The zero-order valence-corrected chi connectivity index (χ0v) is 48.8. The van der Waals surface area contributed by atoms with Crippen molar-refractivity contribution in [3.63, 3.8) is 0 Å².